The van der Waals surface area contributed by atoms with E-state index in [2.05, 4.69) is 33.0 Å². The van der Waals surface area contributed by atoms with Gasteiger partial charge in [-0.15, -0.1) is 0 Å². The zero-order chi connectivity index (χ0) is 11.6. The van der Waals surface area contributed by atoms with Gasteiger partial charge in [0.25, 0.3) is 0 Å². The third kappa shape index (κ3) is 7.84. The molecule has 1 heteroatoms. The molecule has 0 amide bonds. The van der Waals surface area contributed by atoms with Gasteiger partial charge in [-0.05, 0) is 32.7 Å². The van der Waals surface area contributed by atoms with Crippen LogP contribution < -0.4 is 5.32 Å². The molecule has 0 aromatic carbocycles. The lowest BCUT2D eigenvalue weighted by atomic mass is 9.95. The Morgan fingerprint density at radius 1 is 0.867 bits per heavy atom. The molecule has 0 unspecified atom stereocenters. The zero-order valence-electron chi connectivity index (χ0n) is 11.1. The summed E-state index contributed by atoms with van der Waals surface area (Å²) < 4.78 is 0. The van der Waals surface area contributed by atoms with E-state index in [1.165, 1.54) is 38.5 Å². The molecule has 1 N–H and O–H groups in total. The van der Waals surface area contributed by atoms with Gasteiger partial charge in [-0.25, -0.2) is 0 Å². The molecule has 0 saturated heterocycles. The highest BCUT2D eigenvalue weighted by Crippen LogP contribution is 2.13. The van der Waals surface area contributed by atoms with Crippen LogP contribution in [0.2, 0.25) is 0 Å². The molecule has 0 fully saturated rings. The van der Waals surface area contributed by atoms with Crippen LogP contribution in [-0.4, -0.2) is 12.1 Å². The Bertz CT molecular complexity index is 127. The first kappa shape index (κ1) is 15.0. The lowest BCUT2D eigenvalue weighted by Crippen LogP contribution is -2.41. The smallest absolute Gasteiger partial charge is 0.0177 e. The van der Waals surface area contributed by atoms with Crippen LogP contribution in [0.5, 0.6) is 0 Å². The molecule has 1 nitrogen and oxygen atoms in total. The lowest BCUT2D eigenvalue weighted by Gasteiger charge is -2.28. The molecule has 15 heavy (non-hydrogen) atoms. The van der Waals surface area contributed by atoms with Gasteiger partial charge in [0.15, 0.2) is 0 Å². The first-order chi connectivity index (χ1) is 7.18. The molecule has 1 radical (unpaired) electrons. The van der Waals surface area contributed by atoms with Gasteiger partial charge in [0, 0.05) is 5.54 Å². The predicted octanol–water partition coefficient (Wildman–Crippen LogP) is 4.33. The van der Waals surface area contributed by atoms with Gasteiger partial charge in [0.2, 0.25) is 0 Å². The maximum absolute atomic E-state index is 4.24. The molecular formula is C14H30N. The molecule has 0 aliphatic carbocycles. The fourth-order valence-corrected chi connectivity index (χ4v) is 1.76. The first-order valence-electron chi connectivity index (χ1n) is 6.79. The van der Waals surface area contributed by atoms with Crippen LogP contribution in [0, 0.1) is 6.92 Å². The third-order valence-corrected chi connectivity index (χ3v) is 3.38. The molecule has 0 bridgehead atoms. The summed E-state index contributed by atoms with van der Waals surface area (Å²) in [5.41, 5.74) is 0.128. The molecule has 0 saturated carbocycles. The minimum Gasteiger partial charge on any atom is -0.311 e. The van der Waals surface area contributed by atoms with Gasteiger partial charge in [-0.3, -0.25) is 0 Å². The number of nitrogens with one attached hydrogen (secondary N) is 1. The van der Waals surface area contributed by atoms with Gasteiger partial charge in [0.05, 0.1) is 0 Å². The van der Waals surface area contributed by atoms with Crippen LogP contribution in [0.4, 0.5) is 0 Å². The summed E-state index contributed by atoms with van der Waals surface area (Å²) in [5, 5.41) is 3.58. The second-order valence-corrected chi connectivity index (χ2v) is 4.68. The summed E-state index contributed by atoms with van der Waals surface area (Å²) in [6, 6.07) is 0. The van der Waals surface area contributed by atoms with E-state index in [1.54, 1.807) is 0 Å². The summed E-state index contributed by atoms with van der Waals surface area (Å²) in [4.78, 5) is 0. The summed E-state index contributed by atoms with van der Waals surface area (Å²) in [5.74, 6) is 0. The average molecular weight is 212 g/mol. The van der Waals surface area contributed by atoms with E-state index in [-0.39, 0.29) is 5.54 Å². The zero-order valence-corrected chi connectivity index (χ0v) is 11.1. The Hall–Kier alpha value is -0.0400. The second-order valence-electron chi connectivity index (χ2n) is 4.68. The third-order valence-electron chi connectivity index (χ3n) is 3.38. The van der Waals surface area contributed by atoms with E-state index >= 15 is 0 Å². The maximum Gasteiger partial charge on any atom is 0.0177 e. The number of hydrogen-bond acceptors (Lipinski definition) is 1. The van der Waals surface area contributed by atoms with Crippen LogP contribution >= 0.6 is 0 Å². The van der Waals surface area contributed by atoms with E-state index in [9.17, 15) is 0 Å². The molecule has 91 valence electrons. The van der Waals surface area contributed by atoms with Crippen molar-refractivity contribution in [1.82, 2.24) is 5.32 Å². The van der Waals surface area contributed by atoms with E-state index in [0.717, 1.165) is 19.4 Å². The minimum atomic E-state index is 0.128. The molecule has 0 aromatic heterocycles. The number of unbranched alkanes of at least 4 members (excludes halogenated alkanes) is 5. The highest BCUT2D eigenvalue weighted by atomic mass is 15.0. The predicted molar refractivity (Wildman–Crippen MR) is 70.0 cm³/mol. The van der Waals surface area contributed by atoms with Crippen LogP contribution in [0.25, 0.3) is 0 Å². The first-order valence-corrected chi connectivity index (χ1v) is 6.79. The quantitative estimate of drug-likeness (QED) is 0.531. The molecule has 0 aromatic rings. The van der Waals surface area contributed by atoms with Crippen molar-refractivity contribution in [3.8, 4) is 0 Å². The van der Waals surface area contributed by atoms with Crippen molar-refractivity contribution in [2.24, 2.45) is 0 Å². The summed E-state index contributed by atoms with van der Waals surface area (Å²) in [7, 11) is 0. The van der Waals surface area contributed by atoms with Crippen molar-refractivity contribution in [3.63, 3.8) is 0 Å². The molecule has 0 atom stereocenters. The van der Waals surface area contributed by atoms with Gasteiger partial charge in [0.1, 0.15) is 0 Å². The average Bonchev–Trinajstić information content (AvgIpc) is 2.27. The number of rotatable bonds is 10. The minimum absolute atomic E-state index is 0.128. The molecule has 0 spiro atoms. The van der Waals surface area contributed by atoms with Crippen molar-refractivity contribution >= 4 is 0 Å². The van der Waals surface area contributed by atoms with Gasteiger partial charge >= 0.3 is 0 Å². The van der Waals surface area contributed by atoms with Crippen molar-refractivity contribution in [2.75, 3.05) is 6.54 Å². The monoisotopic (exact) mass is 212 g/mol. The molecule has 0 aliphatic rings. The van der Waals surface area contributed by atoms with Crippen molar-refractivity contribution in [2.45, 2.75) is 77.7 Å². The van der Waals surface area contributed by atoms with E-state index in [1.807, 2.05) is 0 Å². The normalized spacial score (nSPS) is 12.0. The van der Waals surface area contributed by atoms with Crippen LogP contribution in [0.1, 0.15) is 72.1 Å². The fourth-order valence-electron chi connectivity index (χ4n) is 1.76. The standard InChI is InChI=1S/C14H30N/c1-5-8-9-10-11-12-13-15-14(4,6-2)7-3/h15H,4-13H2,1-3H3. The van der Waals surface area contributed by atoms with Crippen molar-refractivity contribution < 1.29 is 0 Å². The van der Waals surface area contributed by atoms with E-state index < -0.39 is 0 Å². The Kier molecular flexibility index (Phi) is 9.18. The van der Waals surface area contributed by atoms with Gasteiger partial charge in [-0.1, -0.05) is 52.9 Å². The SMILES string of the molecule is [CH2]C(CC)(CC)NCCCCCCCC. The van der Waals surface area contributed by atoms with Crippen LogP contribution in [0.3, 0.4) is 0 Å². The topological polar surface area (TPSA) is 12.0 Å². The Balaban J connectivity index is 3.29. The summed E-state index contributed by atoms with van der Waals surface area (Å²) >= 11 is 0. The largest absolute Gasteiger partial charge is 0.311 e. The lowest BCUT2D eigenvalue weighted by molar-refractivity contribution is 0.367. The second kappa shape index (κ2) is 9.21. The van der Waals surface area contributed by atoms with E-state index in [0.29, 0.717) is 0 Å². The Labute approximate surface area is 97.0 Å². The molecule has 0 rings (SSSR count). The Morgan fingerprint density at radius 3 is 1.93 bits per heavy atom. The highest BCUT2D eigenvalue weighted by molar-refractivity contribution is 4.87. The molecular weight excluding hydrogens is 182 g/mol. The van der Waals surface area contributed by atoms with Crippen molar-refractivity contribution in [1.29, 1.82) is 0 Å². The van der Waals surface area contributed by atoms with Crippen LogP contribution in [0.15, 0.2) is 0 Å². The highest BCUT2D eigenvalue weighted by Gasteiger charge is 2.17. The van der Waals surface area contributed by atoms with Crippen molar-refractivity contribution in [3.05, 3.63) is 6.92 Å². The summed E-state index contributed by atoms with van der Waals surface area (Å²) in [6.07, 6.45) is 10.5. The fraction of sp³-hybridized carbons (Fsp3) is 0.929. The van der Waals surface area contributed by atoms with Crippen LogP contribution in [-0.2, 0) is 0 Å². The molecule has 0 heterocycles. The van der Waals surface area contributed by atoms with Gasteiger partial charge < -0.3 is 5.32 Å². The molecule has 0 aliphatic heterocycles. The maximum atomic E-state index is 4.24. The number of hydrogen-bond donors (Lipinski definition) is 1. The summed E-state index contributed by atoms with van der Waals surface area (Å²) in [6.45, 7) is 12.1. The Morgan fingerprint density at radius 2 is 1.40 bits per heavy atom. The van der Waals surface area contributed by atoms with Gasteiger partial charge in [-0.2, -0.15) is 0 Å². The van der Waals surface area contributed by atoms with E-state index in [4.69, 9.17) is 0 Å².